The summed E-state index contributed by atoms with van der Waals surface area (Å²) < 4.78 is 2.55. The summed E-state index contributed by atoms with van der Waals surface area (Å²) >= 11 is 8.79. The van der Waals surface area contributed by atoms with E-state index >= 15 is 0 Å². The van der Waals surface area contributed by atoms with Crippen molar-refractivity contribution in [3.63, 3.8) is 0 Å². The molecule has 0 aliphatic rings. The molecule has 1 aromatic carbocycles. The predicted octanol–water partition coefficient (Wildman–Crippen LogP) is 0.301. The Morgan fingerprint density at radius 3 is 2.20 bits per heavy atom. The van der Waals surface area contributed by atoms with Crippen molar-refractivity contribution in [1.29, 1.82) is 0 Å². The molecule has 50 valence electrons. The van der Waals surface area contributed by atoms with Gasteiger partial charge in [-0.2, -0.15) is 0 Å². The molecule has 0 amide bonds. The van der Waals surface area contributed by atoms with E-state index in [1.54, 1.807) is 0 Å². The molecule has 0 aliphatic heterocycles. The van der Waals surface area contributed by atoms with Crippen LogP contribution in [0.1, 0.15) is 1.43 Å². The van der Waals surface area contributed by atoms with E-state index in [9.17, 15) is 0 Å². The second-order valence-corrected chi connectivity index (χ2v) is 4.44. The van der Waals surface area contributed by atoms with Crippen LogP contribution in [0, 0.1) is 7.14 Å². The maximum atomic E-state index is 4.19. The van der Waals surface area contributed by atoms with Crippen LogP contribution < -0.4 is 29.6 Å². The van der Waals surface area contributed by atoms with E-state index in [1.165, 1.54) is 7.14 Å². The fourth-order valence-corrected chi connectivity index (χ4v) is 1.79. The minimum absolute atomic E-state index is 0. The normalized spacial score (nSPS) is 8.70. The summed E-state index contributed by atoms with van der Waals surface area (Å²) in [6.45, 7) is 0. The molecule has 0 saturated carbocycles. The summed E-state index contributed by atoms with van der Waals surface area (Å²) in [5.74, 6) is 0. The van der Waals surface area contributed by atoms with Gasteiger partial charge in [0.05, 0.1) is 0 Å². The second-order valence-electron chi connectivity index (χ2n) is 1.60. The molecule has 0 N–H and O–H groups in total. The van der Waals surface area contributed by atoms with Crippen LogP contribution in [0.4, 0.5) is 0 Å². The van der Waals surface area contributed by atoms with E-state index in [0.717, 1.165) is 4.90 Å². The molecule has 0 fully saturated rings. The van der Waals surface area contributed by atoms with Gasteiger partial charge in [-0.05, 0) is 63.4 Å². The molecule has 10 heavy (non-hydrogen) atoms. The van der Waals surface area contributed by atoms with Crippen LogP contribution in [0.2, 0.25) is 0 Å². The molecule has 0 unspecified atom stereocenters. The maximum Gasteiger partial charge on any atom is 1.00 e. The zero-order valence-corrected chi connectivity index (χ0v) is 12.6. The zero-order valence-electron chi connectivity index (χ0n) is 6.44. The van der Waals surface area contributed by atoms with Crippen molar-refractivity contribution in [3.8, 4) is 0 Å². The monoisotopic (exact) mass is 386 g/mol. The predicted molar refractivity (Wildman–Crippen MR) is 60.2 cm³/mol. The summed E-state index contributed by atoms with van der Waals surface area (Å²) in [6.07, 6.45) is 0. The summed E-state index contributed by atoms with van der Waals surface area (Å²) in [7, 11) is 0. The van der Waals surface area contributed by atoms with Gasteiger partial charge < -0.3 is 1.43 Å². The Kier molecular flexibility index (Phi) is 6.78. The van der Waals surface area contributed by atoms with Gasteiger partial charge in [-0.25, -0.2) is 0 Å². The average molecular weight is 386 g/mol. The van der Waals surface area contributed by atoms with Crippen molar-refractivity contribution in [2.45, 2.75) is 4.90 Å². The SMILES string of the molecule is Sc1ccc(I)c(I)c1.[H-].[Na+]. The molecule has 0 aromatic heterocycles. The molecule has 0 atom stereocenters. The quantitative estimate of drug-likeness (QED) is 0.371. The third kappa shape index (κ3) is 3.62. The molecular formula is C6H5I2NaS. The standard InChI is InChI=1S/C6H4I2S.Na.H/c7-5-2-1-4(9)3-6(5)8;;/h1-3,9H;;/q;+1;-1. The van der Waals surface area contributed by atoms with Crippen LogP contribution in [-0.2, 0) is 0 Å². The molecule has 0 saturated heterocycles. The maximum absolute atomic E-state index is 4.19. The van der Waals surface area contributed by atoms with E-state index in [0.29, 0.717) is 0 Å². The minimum Gasteiger partial charge on any atom is -1.00 e. The first-order valence-electron chi connectivity index (χ1n) is 2.34. The minimum atomic E-state index is 0. The first-order chi connectivity index (χ1) is 4.20. The summed E-state index contributed by atoms with van der Waals surface area (Å²) in [5.41, 5.74) is 0. The molecule has 1 aromatic rings. The summed E-state index contributed by atoms with van der Waals surface area (Å²) in [5, 5.41) is 0. The molecule has 0 aliphatic carbocycles. The van der Waals surface area contributed by atoms with Gasteiger partial charge in [-0.3, -0.25) is 0 Å². The fourth-order valence-electron chi connectivity index (χ4n) is 0.485. The molecule has 4 heteroatoms. The van der Waals surface area contributed by atoms with Gasteiger partial charge in [0.25, 0.3) is 0 Å². The Balaban J connectivity index is 0. The van der Waals surface area contributed by atoms with Gasteiger partial charge in [-0.1, -0.05) is 0 Å². The first kappa shape index (κ1) is 12.0. The van der Waals surface area contributed by atoms with Crippen LogP contribution in [-0.4, -0.2) is 0 Å². The molecule has 0 bridgehead atoms. The molecule has 0 heterocycles. The van der Waals surface area contributed by atoms with E-state index in [1.807, 2.05) is 12.1 Å². The van der Waals surface area contributed by atoms with E-state index in [4.69, 9.17) is 0 Å². The number of rotatable bonds is 0. The van der Waals surface area contributed by atoms with Crippen molar-refractivity contribution >= 4 is 57.8 Å². The van der Waals surface area contributed by atoms with Gasteiger partial charge in [0, 0.05) is 12.0 Å². The van der Waals surface area contributed by atoms with Gasteiger partial charge in [-0.15, -0.1) is 12.6 Å². The smallest absolute Gasteiger partial charge is 1.00 e. The molecular weight excluding hydrogens is 381 g/mol. The average Bonchev–Trinajstić information content (AvgIpc) is 1.80. The van der Waals surface area contributed by atoms with Crippen molar-refractivity contribution in [1.82, 2.24) is 0 Å². The van der Waals surface area contributed by atoms with Crippen molar-refractivity contribution in [2.24, 2.45) is 0 Å². The van der Waals surface area contributed by atoms with Crippen LogP contribution >= 0.6 is 57.8 Å². The Morgan fingerprint density at radius 1 is 1.20 bits per heavy atom. The van der Waals surface area contributed by atoms with Gasteiger partial charge in [0.1, 0.15) is 0 Å². The molecule has 0 spiro atoms. The summed E-state index contributed by atoms with van der Waals surface area (Å²) in [4.78, 5) is 1.03. The van der Waals surface area contributed by atoms with E-state index < -0.39 is 0 Å². The second kappa shape index (κ2) is 5.64. The van der Waals surface area contributed by atoms with Crippen LogP contribution in [0.5, 0.6) is 0 Å². The van der Waals surface area contributed by atoms with Crippen molar-refractivity contribution < 1.29 is 31.0 Å². The topological polar surface area (TPSA) is 0 Å². The van der Waals surface area contributed by atoms with Crippen molar-refractivity contribution in [3.05, 3.63) is 25.3 Å². The Labute approximate surface area is 117 Å². The van der Waals surface area contributed by atoms with Gasteiger partial charge in [0.15, 0.2) is 0 Å². The van der Waals surface area contributed by atoms with Gasteiger partial charge in [0.2, 0.25) is 0 Å². The van der Waals surface area contributed by atoms with Crippen LogP contribution in [0.25, 0.3) is 0 Å². The van der Waals surface area contributed by atoms with Crippen LogP contribution in [0.15, 0.2) is 23.1 Å². The number of hydrogen-bond donors (Lipinski definition) is 1. The Bertz CT molecular complexity index is 232. The van der Waals surface area contributed by atoms with Gasteiger partial charge >= 0.3 is 29.6 Å². The zero-order chi connectivity index (χ0) is 6.85. The summed E-state index contributed by atoms with van der Waals surface area (Å²) in [6, 6.07) is 6.10. The van der Waals surface area contributed by atoms with E-state index in [2.05, 4.69) is 63.9 Å². The third-order valence-corrected chi connectivity index (χ3v) is 4.05. The van der Waals surface area contributed by atoms with Crippen LogP contribution in [0.3, 0.4) is 0 Å². The number of hydrogen-bond acceptors (Lipinski definition) is 1. The first-order valence-corrected chi connectivity index (χ1v) is 4.94. The largest absolute Gasteiger partial charge is 1.00 e. The number of benzene rings is 1. The molecule has 1 rings (SSSR count). The third-order valence-electron chi connectivity index (χ3n) is 0.903. The Morgan fingerprint density at radius 2 is 1.80 bits per heavy atom. The number of thiol groups is 1. The van der Waals surface area contributed by atoms with Crippen molar-refractivity contribution in [2.75, 3.05) is 0 Å². The Hall–Kier alpha value is 2.03. The molecule has 0 nitrogen and oxygen atoms in total. The molecule has 0 radical (unpaired) electrons. The number of halogens is 2. The van der Waals surface area contributed by atoms with E-state index in [-0.39, 0.29) is 31.0 Å². The fraction of sp³-hybridized carbons (Fsp3) is 0.